The van der Waals surface area contributed by atoms with E-state index in [9.17, 15) is 19.2 Å². The van der Waals surface area contributed by atoms with Gasteiger partial charge in [0.25, 0.3) is 0 Å². The first-order chi connectivity index (χ1) is 25.8. The third-order valence-electron chi connectivity index (χ3n) is 9.09. The molecule has 0 bridgehead atoms. The number of hydrogen-bond acceptors (Lipinski definition) is 6. The number of rotatable bonds is 37. The first-order valence-corrected chi connectivity index (χ1v) is 21.0. The Morgan fingerprint density at radius 3 is 1.62 bits per heavy atom. The summed E-state index contributed by atoms with van der Waals surface area (Å²) in [6, 6.07) is -1.39. The fraction of sp³-hybridized carbons (Fsp3) is 0.727. The second-order valence-electron chi connectivity index (χ2n) is 14.1. The standard InChI is InChI=1S/C44H76N2O7/c1-3-5-7-9-11-13-15-16-17-18-19-20-22-25-29-33-39(53-43(50)36-32-28-23-21-14-12-10-8-6-4-2)34-30-26-24-27-31-35-41(48)45-37-42(49)46-40(38-47)44(51)52/h5,7,11,13,16-17,19-20,39-40,47H,3-4,6,8-10,12,14-15,18,21-38H2,1-2H3,(H,45,48)(H,46,49)(H,51,52)/b7-5-,13-11-,17-16-,20-19-. The monoisotopic (exact) mass is 745 g/mol. The van der Waals surface area contributed by atoms with Gasteiger partial charge in [0.1, 0.15) is 12.1 Å². The summed E-state index contributed by atoms with van der Waals surface area (Å²) in [5.41, 5.74) is 0. The molecule has 0 heterocycles. The van der Waals surface area contributed by atoms with Crippen molar-refractivity contribution in [3.05, 3.63) is 48.6 Å². The molecule has 0 saturated heterocycles. The van der Waals surface area contributed by atoms with Crippen LogP contribution in [-0.2, 0) is 23.9 Å². The number of allylic oxidation sites excluding steroid dienone is 8. The Labute approximate surface area is 322 Å². The highest BCUT2D eigenvalue weighted by atomic mass is 16.5. The Kier molecular flexibility index (Phi) is 36.2. The number of carboxylic acid groups (broad SMARTS) is 1. The van der Waals surface area contributed by atoms with Gasteiger partial charge in [-0.15, -0.1) is 0 Å². The molecule has 4 N–H and O–H groups in total. The molecule has 304 valence electrons. The van der Waals surface area contributed by atoms with E-state index in [0.717, 1.165) is 96.3 Å². The Balaban J connectivity index is 4.41. The van der Waals surface area contributed by atoms with Crippen LogP contribution < -0.4 is 10.6 Å². The van der Waals surface area contributed by atoms with E-state index in [1.54, 1.807) is 0 Å². The molecule has 53 heavy (non-hydrogen) atoms. The van der Waals surface area contributed by atoms with Gasteiger partial charge in [-0.2, -0.15) is 0 Å². The number of amides is 2. The van der Waals surface area contributed by atoms with Crippen LogP contribution >= 0.6 is 0 Å². The lowest BCUT2D eigenvalue weighted by Gasteiger charge is -2.18. The van der Waals surface area contributed by atoms with E-state index in [0.29, 0.717) is 12.8 Å². The zero-order valence-corrected chi connectivity index (χ0v) is 33.5. The van der Waals surface area contributed by atoms with Crippen molar-refractivity contribution in [2.45, 2.75) is 193 Å². The lowest BCUT2D eigenvalue weighted by molar-refractivity contribution is -0.150. The SMILES string of the molecule is CC/C=C\C/C=C\C/C=C\C/C=C\CCCCC(CCCCCCCC(=O)NCC(=O)NC(CO)C(=O)O)OC(=O)CCCCCCCCCCCC. The second kappa shape index (κ2) is 38.5. The third kappa shape index (κ3) is 35.6. The van der Waals surface area contributed by atoms with E-state index in [1.165, 1.54) is 51.4 Å². The Morgan fingerprint density at radius 1 is 0.585 bits per heavy atom. The highest BCUT2D eigenvalue weighted by Crippen LogP contribution is 2.18. The molecule has 0 spiro atoms. The van der Waals surface area contributed by atoms with Crippen molar-refractivity contribution in [1.29, 1.82) is 0 Å². The molecule has 9 heteroatoms. The quantitative estimate of drug-likeness (QED) is 0.0282. The van der Waals surface area contributed by atoms with Crippen molar-refractivity contribution < 1.29 is 34.1 Å². The summed E-state index contributed by atoms with van der Waals surface area (Å²) in [4.78, 5) is 47.5. The number of carboxylic acids is 1. The number of esters is 1. The first kappa shape index (κ1) is 49.8. The van der Waals surface area contributed by atoms with Crippen LogP contribution in [0.3, 0.4) is 0 Å². The normalized spacial score (nSPS) is 13.0. The predicted molar refractivity (Wildman–Crippen MR) is 217 cm³/mol. The molecular formula is C44H76N2O7. The summed E-state index contributed by atoms with van der Waals surface area (Å²) in [5.74, 6) is -2.33. The minimum Gasteiger partial charge on any atom is -0.480 e. The average Bonchev–Trinajstić information content (AvgIpc) is 3.14. The molecule has 0 aliphatic heterocycles. The largest absolute Gasteiger partial charge is 0.480 e. The summed E-state index contributed by atoms with van der Waals surface area (Å²) in [5, 5.41) is 22.5. The topological polar surface area (TPSA) is 142 Å². The zero-order chi connectivity index (χ0) is 39.0. The van der Waals surface area contributed by atoms with Crippen molar-refractivity contribution in [2.75, 3.05) is 13.2 Å². The highest BCUT2D eigenvalue weighted by molar-refractivity contribution is 5.87. The molecule has 0 fully saturated rings. The molecule has 0 aliphatic carbocycles. The van der Waals surface area contributed by atoms with Crippen molar-refractivity contribution >= 4 is 23.8 Å². The number of ether oxygens (including phenoxy) is 1. The van der Waals surface area contributed by atoms with Gasteiger partial charge in [-0.3, -0.25) is 14.4 Å². The van der Waals surface area contributed by atoms with Gasteiger partial charge in [0.05, 0.1) is 13.2 Å². The minimum absolute atomic E-state index is 0.0495. The van der Waals surface area contributed by atoms with Gasteiger partial charge in [0, 0.05) is 12.8 Å². The van der Waals surface area contributed by atoms with Crippen LogP contribution in [0.5, 0.6) is 0 Å². The molecule has 2 unspecified atom stereocenters. The van der Waals surface area contributed by atoms with Crippen LogP contribution in [-0.4, -0.2) is 59.3 Å². The van der Waals surface area contributed by atoms with Crippen LogP contribution in [0.4, 0.5) is 0 Å². The number of carbonyl (C=O) groups is 4. The molecular weight excluding hydrogens is 668 g/mol. The van der Waals surface area contributed by atoms with E-state index in [4.69, 9.17) is 14.9 Å². The van der Waals surface area contributed by atoms with Gasteiger partial charge < -0.3 is 25.6 Å². The van der Waals surface area contributed by atoms with Crippen LogP contribution in [0.1, 0.15) is 181 Å². The maximum Gasteiger partial charge on any atom is 0.328 e. The molecule has 2 amide bonds. The molecule has 0 rings (SSSR count). The Morgan fingerprint density at radius 2 is 1.08 bits per heavy atom. The van der Waals surface area contributed by atoms with E-state index < -0.39 is 24.5 Å². The smallest absolute Gasteiger partial charge is 0.328 e. The molecule has 0 radical (unpaired) electrons. The second-order valence-corrected chi connectivity index (χ2v) is 14.1. The van der Waals surface area contributed by atoms with Gasteiger partial charge in [-0.05, 0) is 77.0 Å². The number of carbonyl (C=O) groups excluding carboxylic acids is 3. The Hall–Kier alpha value is -3.20. The van der Waals surface area contributed by atoms with E-state index in [-0.39, 0.29) is 30.9 Å². The van der Waals surface area contributed by atoms with Gasteiger partial charge >= 0.3 is 11.9 Å². The van der Waals surface area contributed by atoms with Crippen LogP contribution in [0, 0.1) is 0 Å². The van der Waals surface area contributed by atoms with Crippen LogP contribution in [0.2, 0.25) is 0 Å². The predicted octanol–water partition coefficient (Wildman–Crippen LogP) is 9.98. The lowest BCUT2D eigenvalue weighted by atomic mass is 10.0. The van der Waals surface area contributed by atoms with Gasteiger partial charge in [0.2, 0.25) is 11.8 Å². The van der Waals surface area contributed by atoms with Crippen LogP contribution in [0.25, 0.3) is 0 Å². The summed E-state index contributed by atoms with van der Waals surface area (Å²) < 4.78 is 5.99. The number of nitrogens with one attached hydrogen (secondary N) is 2. The summed E-state index contributed by atoms with van der Waals surface area (Å²) in [6.07, 6.45) is 44.2. The highest BCUT2D eigenvalue weighted by Gasteiger charge is 2.19. The molecule has 0 aromatic heterocycles. The van der Waals surface area contributed by atoms with Crippen LogP contribution in [0.15, 0.2) is 48.6 Å². The summed E-state index contributed by atoms with van der Waals surface area (Å²) in [6.45, 7) is 3.35. The van der Waals surface area contributed by atoms with Crippen molar-refractivity contribution in [2.24, 2.45) is 0 Å². The molecule has 9 nitrogen and oxygen atoms in total. The summed E-state index contributed by atoms with van der Waals surface area (Å²) >= 11 is 0. The van der Waals surface area contributed by atoms with E-state index in [1.807, 2.05) is 0 Å². The fourth-order valence-corrected chi connectivity index (χ4v) is 5.88. The maximum atomic E-state index is 12.7. The van der Waals surface area contributed by atoms with E-state index >= 15 is 0 Å². The van der Waals surface area contributed by atoms with Crippen molar-refractivity contribution in [3.63, 3.8) is 0 Å². The molecule has 0 aromatic carbocycles. The third-order valence-corrected chi connectivity index (χ3v) is 9.09. The molecule has 0 aromatic rings. The Bertz CT molecular complexity index is 1040. The van der Waals surface area contributed by atoms with Gasteiger partial charge in [-0.25, -0.2) is 4.79 Å². The van der Waals surface area contributed by atoms with E-state index in [2.05, 4.69) is 73.1 Å². The average molecular weight is 745 g/mol. The first-order valence-electron chi connectivity index (χ1n) is 21.0. The fourth-order valence-electron chi connectivity index (χ4n) is 5.88. The van der Waals surface area contributed by atoms with Crippen molar-refractivity contribution in [3.8, 4) is 0 Å². The number of hydrogen-bond donors (Lipinski definition) is 4. The lowest BCUT2D eigenvalue weighted by Crippen LogP contribution is -2.47. The van der Waals surface area contributed by atoms with Gasteiger partial charge in [-0.1, -0.05) is 140 Å². The van der Waals surface area contributed by atoms with Gasteiger partial charge in [0.15, 0.2) is 0 Å². The maximum absolute atomic E-state index is 12.7. The number of aliphatic carboxylic acids is 1. The molecule has 0 saturated carbocycles. The molecule has 0 aliphatic rings. The number of unbranched alkanes of at least 4 members (excludes halogenated alkanes) is 15. The zero-order valence-electron chi connectivity index (χ0n) is 33.5. The number of aliphatic hydroxyl groups is 1. The summed E-state index contributed by atoms with van der Waals surface area (Å²) in [7, 11) is 0. The van der Waals surface area contributed by atoms with Crippen molar-refractivity contribution in [1.82, 2.24) is 10.6 Å². The number of aliphatic hydroxyl groups excluding tert-OH is 1. The minimum atomic E-state index is -1.39. The molecule has 2 atom stereocenters.